The van der Waals surface area contributed by atoms with E-state index in [-0.39, 0.29) is 17.4 Å². The Morgan fingerprint density at radius 2 is 1.85 bits per heavy atom. The summed E-state index contributed by atoms with van der Waals surface area (Å²) >= 11 is 0. The van der Waals surface area contributed by atoms with Crippen LogP contribution in [0.1, 0.15) is 61.6 Å². The smallest absolute Gasteiger partial charge is 0.254 e. The van der Waals surface area contributed by atoms with E-state index in [9.17, 15) is 9.90 Å². The van der Waals surface area contributed by atoms with Crippen molar-refractivity contribution in [3.8, 4) is 0 Å². The largest absolute Gasteiger partial charge is 0.393 e. The Bertz CT molecular complexity index is 861. The van der Waals surface area contributed by atoms with Crippen molar-refractivity contribution >= 4 is 16.8 Å². The molecule has 2 aliphatic rings. The Labute approximate surface area is 161 Å². The van der Waals surface area contributed by atoms with E-state index in [2.05, 4.69) is 20.8 Å². The number of aryl methyl sites for hydroxylation is 1. The second-order valence-electron chi connectivity index (χ2n) is 9.26. The first-order valence-corrected chi connectivity index (χ1v) is 10.2. The van der Waals surface area contributed by atoms with Crippen LogP contribution in [0.4, 0.5) is 0 Å². The van der Waals surface area contributed by atoms with E-state index in [0.29, 0.717) is 31.8 Å². The molecule has 1 aromatic carbocycles. The molecule has 1 aliphatic heterocycles. The standard InChI is InChI=1S/C23H30N2O2/c1-23(2,3)15-8-9-20-18(14-15)21(17-6-4-5-7-19(17)24-20)22(27)25-12-10-16(26)11-13-25/h4-7,15-16,26H,8-14H2,1-3H3. The molecule has 0 radical (unpaired) electrons. The van der Waals surface area contributed by atoms with Crippen molar-refractivity contribution in [1.82, 2.24) is 9.88 Å². The lowest BCUT2D eigenvalue weighted by atomic mass is 9.70. The Morgan fingerprint density at radius 3 is 2.56 bits per heavy atom. The average molecular weight is 367 g/mol. The summed E-state index contributed by atoms with van der Waals surface area (Å²) in [6.45, 7) is 8.15. The van der Waals surface area contributed by atoms with Crippen LogP contribution in [0.5, 0.6) is 0 Å². The number of likely N-dealkylation sites (tertiary alicyclic amines) is 1. The van der Waals surface area contributed by atoms with Crippen molar-refractivity contribution in [3.63, 3.8) is 0 Å². The van der Waals surface area contributed by atoms with Gasteiger partial charge in [0, 0.05) is 24.2 Å². The van der Waals surface area contributed by atoms with Crippen molar-refractivity contribution < 1.29 is 9.90 Å². The van der Waals surface area contributed by atoms with Crippen molar-refractivity contribution in [2.45, 2.75) is 59.0 Å². The number of nitrogens with zero attached hydrogens (tertiary/aromatic N) is 2. The molecule has 1 aromatic heterocycles. The van der Waals surface area contributed by atoms with Gasteiger partial charge in [-0.05, 0) is 55.1 Å². The third kappa shape index (κ3) is 3.47. The molecule has 2 heterocycles. The van der Waals surface area contributed by atoms with Crippen molar-refractivity contribution in [2.75, 3.05) is 13.1 Å². The van der Waals surface area contributed by atoms with Gasteiger partial charge in [0.15, 0.2) is 0 Å². The Balaban J connectivity index is 1.81. The number of aliphatic hydroxyl groups is 1. The van der Waals surface area contributed by atoms with Crippen molar-refractivity contribution in [3.05, 3.63) is 41.1 Å². The number of hydrogen-bond acceptors (Lipinski definition) is 3. The Morgan fingerprint density at radius 1 is 1.15 bits per heavy atom. The van der Waals surface area contributed by atoms with Crippen LogP contribution in [0.15, 0.2) is 24.3 Å². The van der Waals surface area contributed by atoms with E-state index in [1.54, 1.807) is 0 Å². The van der Waals surface area contributed by atoms with Gasteiger partial charge in [0.1, 0.15) is 0 Å². The summed E-state index contributed by atoms with van der Waals surface area (Å²) in [4.78, 5) is 20.4. The molecule has 1 amide bonds. The van der Waals surface area contributed by atoms with E-state index in [0.717, 1.165) is 47.0 Å². The molecule has 1 saturated heterocycles. The number of benzene rings is 1. The molecule has 0 bridgehead atoms. The predicted molar refractivity (Wildman–Crippen MR) is 108 cm³/mol. The molecule has 1 unspecified atom stereocenters. The van der Waals surface area contributed by atoms with Gasteiger partial charge in [-0.25, -0.2) is 0 Å². The molecule has 27 heavy (non-hydrogen) atoms. The number of aromatic nitrogens is 1. The van der Waals surface area contributed by atoms with E-state index in [4.69, 9.17) is 4.98 Å². The van der Waals surface area contributed by atoms with Crippen LogP contribution in [0.25, 0.3) is 10.9 Å². The van der Waals surface area contributed by atoms with Crippen molar-refractivity contribution in [2.24, 2.45) is 11.3 Å². The van der Waals surface area contributed by atoms with E-state index in [1.807, 2.05) is 29.2 Å². The Kier molecular flexibility index (Phi) is 4.71. The number of rotatable bonds is 1. The van der Waals surface area contributed by atoms with E-state index >= 15 is 0 Å². The SMILES string of the molecule is CC(C)(C)C1CCc2nc3ccccc3c(C(=O)N3CCC(O)CC3)c2C1. The molecule has 1 fully saturated rings. The van der Waals surface area contributed by atoms with Crippen LogP contribution in [0, 0.1) is 11.3 Å². The number of amides is 1. The van der Waals surface area contributed by atoms with Gasteiger partial charge in [-0.3, -0.25) is 9.78 Å². The van der Waals surface area contributed by atoms with E-state index < -0.39 is 0 Å². The molecule has 0 saturated carbocycles. The lowest BCUT2D eigenvalue weighted by Crippen LogP contribution is -2.41. The van der Waals surface area contributed by atoms with Crippen LogP contribution in [0.2, 0.25) is 0 Å². The normalized spacial score (nSPS) is 21.3. The van der Waals surface area contributed by atoms with Gasteiger partial charge < -0.3 is 10.0 Å². The van der Waals surface area contributed by atoms with Crippen LogP contribution in [-0.4, -0.2) is 40.1 Å². The van der Waals surface area contributed by atoms with Crippen LogP contribution >= 0.6 is 0 Å². The first-order chi connectivity index (χ1) is 12.8. The lowest BCUT2D eigenvalue weighted by Gasteiger charge is -2.36. The molecule has 2 aromatic rings. The first-order valence-electron chi connectivity index (χ1n) is 10.2. The number of carbonyl (C=O) groups excluding carboxylic acids is 1. The van der Waals surface area contributed by atoms with Gasteiger partial charge in [0.05, 0.1) is 17.2 Å². The van der Waals surface area contributed by atoms with Gasteiger partial charge >= 0.3 is 0 Å². The molecule has 144 valence electrons. The maximum absolute atomic E-state index is 13.6. The van der Waals surface area contributed by atoms with Crippen LogP contribution in [0.3, 0.4) is 0 Å². The maximum atomic E-state index is 13.6. The average Bonchev–Trinajstić information content (AvgIpc) is 2.65. The summed E-state index contributed by atoms with van der Waals surface area (Å²) in [7, 11) is 0. The van der Waals surface area contributed by atoms with Gasteiger partial charge in [-0.15, -0.1) is 0 Å². The number of piperidine rings is 1. The second-order valence-corrected chi connectivity index (χ2v) is 9.26. The summed E-state index contributed by atoms with van der Waals surface area (Å²) in [6.07, 6.45) is 4.06. The van der Waals surface area contributed by atoms with Gasteiger partial charge in [-0.1, -0.05) is 39.0 Å². The third-order valence-corrected chi connectivity index (χ3v) is 6.45. The van der Waals surface area contributed by atoms with Gasteiger partial charge in [0.2, 0.25) is 0 Å². The number of aliphatic hydroxyl groups excluding tert-OH is 1. The highest BCUT2D eigenvalue weighted by Crippen LogP contribution is 2.39. The van der Waals surface area contributed by atoms with E-state index in [1.165, 1.54) is 0 Å². The monoisotopic (exact) mass is 366 g/mol. The van der Waals surface area contributed by atoms with Gasteiger partial charge in [0.25, 0.3) is 5.91 Å². The zero-order valence-corrected chi connectivity index (χ0v) is 16.7. The highest BCUT2D eigenvalue weighted by atomic mass is 16.3. The Hall–Kier alpha value is -1.94. The number of para-hydroxylation sites is 1. The predicted octanol–water partition coefficient (Wildman–Crippen LogP) is 3.98. The number of carbonyl (C=O) groups is 1. The molecule has 1 N–H and O–H groups in total. The highest BCUT2D eigenvalue weighted by Gasteiger charge is 2.34. The topological polar surface area (TPSA) is 53.4 Å². The molecule has 1 atom stereocenters. The summed E-state index contributed by atoms with van der Waals surface area (Å²) in [5.74, 6) is 0.675. The molecular weight excluding hydrogens is 336 g/mol. The summed E-state index contributed by atoms with van der Waals surface area (Å²) in [6, 6.07) is 8.04. The molecule has 4 heteroatoms. The minimum Gasteiger partial charge on any atom is -0.393 e. The fourth-order valence-corrected chi connectivity index (χ4v) is 4.60. The minimum absolute atomic E-state index is 0.117. The number of pyridine rings is 1. The quantitative estimate of drug-likeness (QED) is 0.830. The molecular formula is C23H30N2O2. The minimum atomic E-state index is -0.276. The van der Waals surface area contributed by atoms with Crippen molar-refractivity contribution in [1.29, 1.82) is 0 Å². The number of hydrogen-bond donors (Lipinski definition) is 1. The zero-order chi connectivity index (χ0) is 19.2. The summed E-state index contributed by atoms with van der Waals surface area (Å²) in [5, 5.41) is 10.8. The maximum Gasteiger partial charge on any atom is 0.254 e. The molecule has 1 aliphatic carbocycles. The fourth-order valence-electron chi connectivity index (χ4n) is 4.60. The van der Waals surface area contributed by atoms with Gasteiger partial charge in [-0.2, -0.15) is 0 Å². The van der Waals surface area contributed by atoms with Crippen LogP contribution < -0.4 is 0 Å². The molecule has 4 rings (SSSR count). The second kappa shape index (κ2) is 6.90. The molecule has 4 nitrogen and oxygen atoms in total. The summed E-state index contributed by atoms with van der Waals surface area (Å²) < 4.78 is 0. The fraction of sp³-hybridized carbons (Fsp3) is 0.565. The highest BCUT2D eigenvalue weighted by molar-refractivity contribution is 6.07. The summed E-state index contributed by atoms with van der Waals surface area (Å²) in [5.41, 5.74) is 4.27. The molecule has 0 spiro atoms. The third-order valence-electron chi connectivity index (χ3n) is 6.45. The lowest BCUT2D eigenvalue weighted by molar-refractivity contribution is 0.0546. The number of fused-ring (bicyclic) bond motifs is 2. The zero-order valence-electron chi connectivity index (χ0n) is 16.7. The first kappa shape index (κ1) is 18.4. The van der Waals surface area contributed by atoms with Crippen LogP contribution in [-0.2, 0) is 12.8 Å².